The maximum atomic E-state index is 12.0. The highest BCUT2D eigenvalue weighted by molar-refractivity contribution is 8.00. The van der Waals surface area contributed by atoms with Crippen LogP contribution in [0.3, 0.4) is 0 Å². The van der Waals surface area contributed by atoms with E-state index in [0.717, 1.165) is 4.90 Å². The first-order valence-corrected chi connectivity index (χ1v) is 6.92. The number of benzene rings is 1. The van der Waals surface area contributed by atoms with Gasteiger partial charge in [-0.05, 0) is 30.3 Å². The minimum Gasteiger partial charge on any atom is -0.293 e. The molecule has 0 amide bonds. The summed E-state index contributed by atoms with van der Waals surface area (Å²) < 4.78 is 0. The van der Waals surface area contributed by atoms with Gasteiger partial charge in [0, 0.05) is 27.9 Å². The first kappa shape index (κ1) is 13.4. The molecule has 2 nitrogen and oxygen atoms in total. The predicted octanol–water partition coefficient (Wildman–Crippen LogP) is 4.36. The third-order valence-corrected chi connectivity index (χ3v) is 3.83. The molecule has 0 aliphatic heterocycles. The van der Waals surface area contributed by atoms with E-state index in [1.165, 1.54) is 11.8 Å². The Kier molecular flexibility index (Phi) is 4.64. The van der Waals surface area contributed by atoms with Gasteiger partial charge >= 0.3 is 0 Å². The number of nitrogens with zero attached hydrogens (tertiary/aromatic N) is 1. The van der Waals surface area contributed by atoms with Crippen LogP contribution in [0.2, 0.25) is 10.0 Å². The molecule has 1 aromatic carbocycles. The van der Waals surface area contributed by atoms with Crippen LogP contribution >= 0.6 is 35.0 Å². The van der Waals surface area contributed by atoms with Crippen LogP contribution in [0.1, 0.15) is 10.4 Å². The number of thioether (sulfide) groups is 1. The molecular formula is C13H9Cl2NOS. The van der Waals surface area contributed by atoms with Crippen molar-refractivity contribution in [2.45, 2.75) is 4.90 Å². The summed E-state index contributed by atoms with van der Waals surface area (Å²) in [5, 5.41) is 0.941. The predicted molar refractivity (Wildman–Crippen MR) is 75.8 cm³/mol. The maximum absolute atomic E-state index is 12.0. The Morgan fingerprint density at radius 3 is 2.61 bits per heavy atom. The molecule has 0 unspecified atom stereocenters. The van der Waals surface area contributed by atoms with Gasteiger partial charge in [-0.2, -0.15) is 0 Å². The summed E-state index contributed by atoms with van der Waals surface area (Å²) in [7, 11) is 0. The van der Waals surface area contributed by atoms with E-state index in [9.17, 15) is 4.79 Å². The van der Waals surface area contributed by atoms with E-state index in [1.54, 1.807) is 30.6 Å². The van der Waals surface area contributed by atoms with Gasteiger partial charge in [0.05, 0.1) is 10.8 Å². The molecule has 2 rings (SSSR count). The zero-order chi connectivity index (χ0) is 13.0. The molecule has 18 heavy (non-hydrogen) atoms. The number of rotatable bonds is 4. The largest absolute Gasteiger partial charge is 0.293 e. The monoisotopic (exact) mass is 297 g/mol. The Hall–Kier alpha value is -1.03. The number of halogens is 2. The lowest BCUT2D eigenvalue weighted by molar-refractivity contribution is 0.102. The molecule has 0 fully saturated rings. The van der Waals surface area contributed by atoms with Gasteiger partial charge < -0.3 is 0 Å². The number of hydrogen-bond acceptors (Lipinski definition) is 3. The summed E-state index contributed by atoms with van der Waals surface area (Å²) in [4.78, 5) is 16.9. The van der Waals surface area contributed by atoms with E-state index in [0.29, 0.717) is 21.4 Å². The number of hydrogen-bond donors (Lipinski definition) is 0. The van der Waals surface area contributed by atoms with Crippen LogP contribution in [0.4, 0.5) is 0 Å². The number of Topliss-reactive ketones (excluding diaryl/α,β-unsaturated/α-hetero) is 1. The Morgan fingerprint density at radius 1 is 1.17 bits per heavy atom. The molecule has 0 aliphatic rings. The summed E-state index contributed by atoms with van der Waals surface area (Å²) in [5.41, 5.74) is 0.464. The molecule has 0 aliphatic carbocycles. The maximum Gasteiger partial charge on any atom is 0.174 e. The molecule has 1 aromatic heterocycles. The number of carbonyl (C=O) groups is 1. The third-order valence-electron chi connectivity index (χ3n) is 2.25. The highest BCUT2D eigenvalue weighted by Crippen LogP contribution is 2.24. The second-order valence-electron chi connectivity index (χ2n) is 3.52. The first-order valence-electron chi connectivity index (χ1n) is 5.18. The molecule has 0 spiro atoms. The lowest BCUT2D eigenvalue weighted by Crippen LogP contribution is -2.03. The van der Waals surface area contributed by atoms with E-state index in [-0.39, 0.29) is 5.78 Å². The summed E-state index contributed by atoms with van der Waals surface area (Å²) in [6.07, 6.45) is 3.39. The highest BCUT2D eigenvalue weighted by Gasteiger charge is 2.11. The normalized spacial score (nSPS) is 10.3. The molecule has 92 valence electrons. The zero-order valence-corrected chi connectivity index (χ0v) is 11.6. The van der Waals surface area contributed by atoms with Crippen LogP contribution in [0, 0.1) is 0 Å². The van der Waals surface area contributed by atoms with Crippen molar-refractivity contribution >= 4 is 40.7 Å². The van der Waals surface area contributed by atoms with Crippen molar-refractivity contribution in [2.24, 2.45) is 0 Å². The molecule has 0 bridgehead atoms. The Balaban J connectivity index is 2.06. The van der Waals surface area contributed by atoms with E-state index >= 15 is 0 Å². The molecular weight excluding hydrogens is 289 g/mol. The minimum atomic E-state index is -0.0377. The standard InChI is InChI=1S/C13H9Cl2NOS/c14-9-1-2-12(15)11(7-9)13(17)8-18-10-3-5-16-6-4-10/h1-7H,8H2. The summed E-state index contributed by atoms with van der Waals surface area (Å²) in [6, 6.07) is 8.61. The molecule has 0 radical (unpaired) electrons. The summed E-state index contributed by atoms with van der Waals surface area (Å²) in [5.74, 6) is 0.286. The Morgan fingerprint density at radius 2 is 1.89 bits per heavy atom. The van der Waals surface area contributed by atoms with Crippen molar-refractivity contribution in [1.29, 1.82) is 0 Å². The van der Waals surface area contributed by atoms with Gasteiger partial charge in [-0.25, -0.2) is 0 Å². The van der Waals surface area contributed by atoms with Crippen LogP contribution < -0.4 is 0 Å². The van der Waals surface area contributed by atoms with Gasteiger partial charge in [0.2, 0.25) is 0 Å². The molecule has 1 heterocycles. The fourth-order valence-corrected chi connectivity index (χ4v) is 2.53. The van der Waals surface area contributed by atoms with Gasteiger partial charge in [-0.3, -0.25) is 9.78 Å². The summed E-state index contributed by atoms with van der Waals surface area (Å²) in [6.45, 7) is 0. The number of aromatic nitrogens is 1. The molecule has 0 saturated heterocycles. The lowest BCUT2D eigenvalue weighted by Gasteiger charge is -2.04. The number of pyridine rings is 1. The van der Waals surface area contributed by atoms with Crippen molar-refractivity contribution in [3.05, 3.63) is 58.3 Å². The van der Waals surface area contributed by atoms with Crippen molar-refractivity contribution in [2.75, 3.05) is 5.75 Å². The van der Waals surface area contributed by atoms with Crippen molar-refractivity contribution < 1.29 is 4.79 Å². The van der Waals surface area contributed by atoms with Crippen LogP contribution in [0.25, 0.3) is 0 Å². The number of ketones is 1. The SMILES string of the molecule is O=C(CSc1ccncc1)c1cc(Cl)ccc1Cl. The van der Waals surface area contributed by atoms with E-state index < -0.39 is 0 Å². The van der Waals surface area contributed by atoms with Crippen LogP contribution in [0.5, 0.6) is 0 Å². The highest BCUT2D eigenvalue weighted by atomic mass is 35.5. The molecule has 5 heteroatoms. The quantitative estimate of drug-likeness (QED) is 0.620. The van der Waals surface area contributed by atoms with Crippen molar-refractivity contribution in [3.8, 4) is 0 Å². The van der Waals surface area contributed by atoms with Gasteiger partial charge in [-0.1, -0.05) is 23.2 Å². The fourth-order valence-electron chi connectivity index (χ4n) is 1.37. The van der Waals surface area contributed by atoms with E-state index in [2.05, 4.69) is 4.98 Å². The van der Waals surface area contributed by atoms with Crippen molar-refractivity contribution in [3.63, 3.8) is 0 Å². The fraction of sp³-hybridized carbons (Fsp3) is 0.0769. The molecule has 0 N–H and O–H groups in total. The minimum absolute atomic E-state index is 0.0377. The topological polar surface area (TPSA) is 30.0 Å². The van der Waals surface area contributed by atoms with Gasteiger partial charge in [0.1, 0.15) is 0 Å². The van der Waals surface area contributed by atoms with Gasteiger partial charge in [-0.15, -0.1) is 11.8 Å². The molecule has 0 atom stereocenters. The van der Waals surface area contributed by atoms with Crippen LogP contribution in [0.15, 0.2) is 47.6 Å². The van der Waals surface area contributed by atoms with Crippen molar-refractivity contribution in [1.82, 2.24) is 4.98 Å². The second-order valence-corrected chi connectivity index (χ2v) is 5.41. The average molecular weight is 298 g/mol. The molecule has 2 aromatic rings. The smallest absolute Gasteiger partial charge is 0.174 e. The Bertz CT molecular complexity index is 560. The van der Waals surface area contributed by atoms with E-state index in [4.69, 9.17) is 23.2 Å². The third kappa shape index (κ3) is 3.48. The van der Waals surface area contributed by atoms with Crippen LogP contribution in [-0.2, 0) is 0 Å². The van der Waals surface area contributed by atoms with Gasteiger partial charge in [0.15, 0.2) is 5.78 Å². The average Bonchev–Trinajstić information content (AvgIpc) is 2.40. The number of carbonyl (C=O) groups excluding carboxylic acids is 1. The van der Waals surface area contributed by atoms with E-state index in [1.807, 2.05) is 12.1 Å². The zero-order valence-electron chi connectivity index (χ0n) is 9.27. The van der Waals surface area contributed by atoms with Crippen LogP contribution in [-0.4, -0.2) is 16.5 Å². The summed E-state index contributed by atoms with van der Waals surface area (Å²) >= 11 is 13.3. The second kappa shape index (κ2) is 6.23. The Labute approximate surface area is 119 Å². The van der Waals surface area contributed by atoms with Gasteiger partial charge in [0.25, 0.3) is 0 Å². The first-order chi connectivity index (χ1) is 8.66. The lowest BCUT2D eigenvalue weighted by atomic mass is 10.1. The molecule has 0 saturated carbocycles.